The highest BCUT2D eigenvalue weighted by atomic mass is 16.8. The number of hydrogen-bond donors (Lipinski definition) is 0. The fourth-order valence-electron chi connectivity index (χ4n) is 3.16. The molecule has 0 bridgehead atoms. The van der Waals surface area contributed by atoms with E-state index in [1.165, 1.54) is 11.1 Å². The molecule has 2 aromatic carbocycles. The SMILES string of the molecule is CCOC(CCCc1ccccc1)OC(CCCc1ccccc1)OCC. The first kappa shape index (κ1) is 21.6. The summed E-state index contributed by atoms with van der Waals surface area (Å²) >= 11 is 0. The van der Waals surface area contributed by atoms with E-state index in [1.54, 1.807) is 0 Å². The second kappa shape index (κ2) is 13.5. The van der Waals surface area contributed by atoms with E-state index >= 15 is 0 Å². The fourth-order valence-corrected chi connectivity index (χ4v) is 3.16. The van der Waals surface area contributed by atoms with Gasteiger partial charge in [0.1, 0.15) is 0 Å². The van der Waals surface area contributed by atoms with Crippen LogP contribution >= 0.6 is 0 Å². The molecule has 148 valence electrons. The van der Waals surface area contributed by atoms with E-state index in [1.807, 2.05) is 13.8 Å². The Morgan fingerprint density at radius 3 is 1.41 bits per heavy atom. The molecule has 3 nitrogen and oxygen atoms in total. The van der Waals surface area contributed by atoms with Crippen molar-refractivity contribution in [2.75, 3.05) is 13.2 Å². The molecule has 0 amide bonds. The molecule has 0 radical (unpaired) electrons. The topological polar surface area (TPSA) is 27.7 Å². The molecule has 2 rings (SSSR count). The molecular weight excluding hydrogens is 336 g/mol. The van der Waals surface area contributed by atoms with Crippen LogP contribution in [0, 0.1) is 0 Å². The predicted molar refractivity (Wildman–Crippen MR) is 111 cm³/mol. The highest BCUT2D eigenvalue weighted by Crippen LogP contribution is 2.16. The minimum absolute atomic E-state index is 0.202. The van der Waals surface area contributed by atoms with Crippen molar-refractivity contribution in [3.05, 3.63) is 71.8 Å². The molecule has 0 saturated carbocycles. The standard InChI is InChI=1S/C24H34O3/c1-3-25-23(19-11-17-21-13-7-5-8-14-21)27-24(26-4-2)20-12-18-22-15-9-6-10-16-22/h5-10,13-16,23-24H,3-4,11-12,17-20H2,1-2H3. The fraction of sp³-hybridized carbons (Fsp3) is 0.500. The van der Waals surface area contributed by atoms with Crippen LogP contribution in [0.2, 0.25) is 0 Å². The Bertz CT molecular complexity index is 532. The van der Waals surface area contributed by atoms with Crippen molar-refractivity contribution in [2.45, 2.75) is 65.0 Å². The Balaban J connectivity index is 1.76. The summed E-state index contributed by atoms with van der Waals surface area (Å²) in [6.07, 6.45) is 5.52. The molecule has 0 aliphatic carbocycles. The molecule has 0 aliphatic heterocycles. The van der Waals surface area contributed by atoms with Crippen molar-refractivity contribution in [1.82, 2.24) is 0 Å². The number of ether oxygens (including phenoxy) is 3. The van der Waals surface area contributed by atoms with Crippen molar-refractivity contribution in [3.63, 3.8) is 0 Å². The molecule has 2 unspecified atom stereocenters. The number of hydrogen-bond acceptors (Lipinski definition) is 3. The second-order valence-corrected chi connectivity index (χ2v) is 6.66. The Morgan fingerprint density at radius 1 is 0.630 bits per heavy atom. The first-order chi connectivity index (χ1) is 13.3. The van der Waals surface area contributed by atoms with Gasteiger partial charge in [-0.2, -0.15) is 0 Å². The van der Waals surface area contributed by atoms with Gasteiger partial charge in [0.15, 0.2) is 12.6 Å². The predicted octanol–water partition coefficient (Wildman–Crippen LogP) is 5.77. The zero-order valence-corrected chi connectivity index (χ0v) is 16.8. The van der Waals surface area contributed by atoms with Gasteiger partial charge in [-0.25, -0.2) is 0 Å². The minimum Gasteiger partial charge on any atom is -0.353 e. The maximum absolute atomic E-state index is 6.16. The lowest BCUT2D eigenvalue weighted by Gasteiger charge is -2.25. The van der Waals surface area contributed by atoms with Gasteiger partial charge in [0.05, 0.1) is 0 Å². The molecule has 0 N–H and O–H groups in total. The molecular formula is C24H34O3. The summed E-state index contributed by atoms with van der Waals surface area (Å²) in [7, 11) is 0. The Morgan fingerprint density at radius 2 is 1.04 bits per heavy atom. The minimum atomic E-state index is -0.202. The summed E-state index contributed by atoms with van der Waals surface area (Å²) in [4.78, 5) is 0. The van der Waals surface area contributed by atoms with Gasteiger partial charge in [0.2, 0.25) is 0 Å². The monoisotopic (exact) mass is 370 g/mol. The van der Waals surface area contributed by atoms with E-state index in [0.717, 1.165) is 38.5 Å². The Kier molecular flexibility index (Phi) is 10.8. The average molecular weight is 371 g/mol. The van der Waals surface area contributed by atoms with Crippen molar-refractivity contribution in [3.8, 4) is 0 Å². The van der Waals surface area contributed by atoms with Crippen molar-refractivity contribution in [1.29, 1.82) is 0 Å². The summed E-state index contributed by atoms with van der Waals surface area (Å²) in [5.74, 6) is 0. The lowest BCUT2D eigenvalue weighted by atomic mass is 10.1. The molecule has 2 aromatic rings. The zero-order chi connectivity index (χ0) is 19.2. The summed E-state index contributed by atoms with van der Waals surface area (Å²) in [6.45, 7) is 5.33. The molecule has 0 spiro atoms. The summed E-state index contributed by atoms with van der Waals surface area (Å²) in [5, 5.41) is 0. The summed E-state index contributed by atoms with van der Waals surface area (Å²) < 4.78 is 17.8. The maximum atomic E-state index is 6.16. The molecule has 0 aromatic heterocycles. The van der Waals surface area contributed by atoms with Gasteiger partial charge in [-0.05, 0) is 63.5 Å². The summed E-state index contributed by atoms with van der Waals surface area (Å²) in [5.41, 5.74) is 2.72. The van der Waals surface area contributed by atoms with E-state index in [0.29, 0.717) is 13.2 Å². The average Bonchev–Trinajstić information content (AvgIpc) is 2.70. The number of aryl methyl sites for hydroxylation is 2. The van der Waals surface area contributed by atoms with Gasteiger partial charge < -0.3 is 14.2 Å². The van der Waals surface area contributed by atoms with Crippen LogP contribution in [0.3, 0.4) is 0 Å². The second-order valence-electron chi connectivity index (χ2n) is 6.66. The highest BCUT2D eigenvalue weighted by Gasteiger charge is 2.17. The molecule has 0 heterocycles. The first-order valence-electron chi connectivity index (χ1n) is 10.3. The first-order valence-corrected chi connectivity index (χ1v) is 10.3. The third-order valence-electron chi connectivity index (χ3n) is 4.50. The van der Waals surface area contributed by atoms with E-state index in [9.17, 15) is 0 Å². The van der Waals surface area contributed by atoms with Crippen molar-refractivity contribution < 1.29 is 14.2 Å². The number of benzene rings is 2. The Hall–Kier alpha value is -1.68. The smallest absolute Gasteiger partial charge is 0.160 e. The van der Waals surface area contributed by atoms with E-state index in [2.05, 4.69) is 60.7 Å². The zero-order valence-electron chi connectivity index (χ0n) is 16.8. The van der Waals surface area contributed by atoms with Gasteiger partial charge in [0, 0.05) is 13.2 Å². The van der Waals surface area contributed by atoms with Crippen molar-refractivity contribution in [2.24, 2.45) is 0 Å². The normalized spacial score (nSPS) is 13.4. The quantitative estimate of drug-likeness (QED) is 0.395. The Labute approximate surface area is 164 Å². The molecule has 3 heteroatoms. The van der Waals surface area contributed by atoms with Gasteiger partial charge in [-0.15, -0.1) is 0 Å². The van der Waals surface area contributed by atoms with Crippen LogP contribution in [-0.4, -0.2) is 25.8 Å². The van der Waals surface area contributed by atoms with Gasteiger partial charge in [0.25, 0.3) is 0 Å². The van der Waals surface area contributed by atoms with Crippen molar-refractivity contribution >= 4 is 0 Å². The summed E-state index contributed by atoms with van der Waals surface area (Å²) in [6, 6.07) is 21.1. The van der Waals surface area contributed by atoms with Crippen LogP contribution in [0.1, 0.15) is 50.7 Å². The van der Waals surface area contributed by atoms with Crippen LogP contribution in [0.4, 0.5) is 0 Å². The van der Waals surface area contributed by atoms with Gasteiger partial charge in [-0.1, -0.05) is 60.7 Å². The molecule has 27 heavy (non-hydrogen) atoms. The number of rotatable bonds is 14. The van der Waals surface area contributed by atoms with Crippen LogP contribution < -0.4 is 0 Å². The van der Waals surface area contributed by atoms with Gasteiger partial charge in [-0.3, -0.25) is 0 Å². The van der Waals surface area contributed by atoms with Crippen LogP contribution in [-0.2, 0) is 27.1 Å². The lowest BCUT2D eigenvalue weighted by molar-refractivity contribution is -0.247. The van der Waals surface area contributed by atoms with Gasteiger partial charge >= 0.3 is 0 Å². The highest BCUT2D eigenvalue weighted by molar-refractivity contribution is 5.15. The molecule has 0 fully saturated rings. The van der Waals surface area contributed by atoms with Crippen LogP contribution in [0.25, 0.3) is 0 Å². The van der Waals surface area contributed by atoms with Crippen LogP contribution in [0.5, 0.6) is 0 Å². The third-order valence-corrected chi connectivity index (χ3v) is 4.50. The molecule has 2 atom stereocenters. The third kappa shape index (κ3) is 9.18. The van der Waals surface area contributed by atoms with E-state index in [4.69, 9.17) is 14.2 Å². The lowest BCUT2D eigenvalue weighted by Crippen LogP contribution is -2.27. The largest absolute Gasteiger partial charge is 0.353 e. The molecule has 0 aliphatic rings. The van der Waals surface area contributed by atoms with Crippen LogP contribution in [0.15, 0.2) is 60.7 Å². The molecule has 0 saturated heterocycles. The van der Waals surface area contributed by atoms with E-state index in [-0.39, 0.29) is 12.6 Å². The maximum Gasteiger partial charge on any atom is 0.160 e. The van der Waals surface area contributed by atoms with E-state index < -0.39 is 0 Å².